The van der Waals surface area contributed by atoms with Gasteiger partial charge in [-0.2, -0.15) is 0 Å². The molecule has 0 aliphatic heterocycles. The monoisotopic (exact) mass is 311 g/mol. The zero-order chi connectivity index (χ0) is 16.2. The van der Waals surface area contributed by atoms with Crippen LogP contribution in [0.2, 0.25) is 0 Å². The molecule has 1 amide bonds. The van der Waals surface area contributed by atoms with Crippen LogP contribution in [-0.2, 0) is 9.53 Å². The summed E-state index contributed by atoms with van der Waals surface area (Å²) in [6.07, 6.45) is 0.894. The third-order valence-electron chi connectivity index (χ3n) is 4.30. The molecule has 0 saturated heterocycles. The van der Waals surface area contributed by atoms with Gasteiger partial charge in [0.05, 0.1) is 12.6 Å². The Balaban J connectivity index is 1.64. The summed E-state index contributed by atoms with van der Waals surface area (Å²) in [6.45, 7) is 0.402. The van der Waals surface area contributed by atoms with Crippen molar-refractivity contribution in [3.05, 3.63) is 65.7 Å². The molecule has 3 rings (SSSR count). The third-order valence-corrected chi connectivity index (χ3v) is 4.30. The third kappa shape index (κ3) is 3.71. The van der Waals surface area contributed by atoms with Gasteiger partial charge in [-0.05, 0) is 35.6 Å². The quantitative estimate of drug-likeness (QED) is 0.862. The van der Waals surface area contributed by atoms with Crippen LogP contribution in [0.5, 0.6) is 5.75 Å². The van der Waals surface area contributed by atoms with Crippen molar-refractivity contribution < 1.29 is 14.6 Å². The molecule has 0 heterocycles. The molecule has 3 unspecified atom stereocenters. The van der Waals surface area contributed by atoms with Crippen LogP contribution < -0.4 is 5.32 Å². The van der Waals surface area contributed by atoms with Gasteiger partial charge in [-0.15, -0.1) is 0 Å². The summed E-state index contributed by atoms with van der Waals surface area (Å²) in [6, 6.07) is 16.8. The molecule has 0 aromatic heterocycles. The zero-order valence-corrected chi connectivity index (χ0v) is 13.1. The highest BCUT2D eigenvalue weighted by Gasteiger charge is 2.44. The lowest BCUT2D eigenvalue weighted by molar-refractivity contribution is -0.123. The molecule has 4 heteroatoms. The van der Waals surface area contributed by atoms with Gasteiger partial charge in [-0.3, -0.25) is 4.79 Å². The first-order valence-electron chi connectivity index (χ1n) is 7.82. The number of phenolic OH excluding ortho intramolecular Hbond substituents is 1. The maximum atomic E-state index is 12.5. The van der Waals surface area contributed by atoms with Crippen molar-refractivity contribution >= 4 is 5.91 Å². The van der Waals surface area contributed by atoms with Crippen LogP contribution >= 0.6 is 0 Å². The number of hydrogen-bond donors (Lipinski definition) is 2. The summed E-state index contributed by atoms with van der Waals surface area (Å²) in [5.41, 5.74) is 2.15. The second-order valence-electron chi connectivity index (χ2n) is 5.97. The van der Waals surface area contributed by atoms with Crippen LogP contribution in [0.15, 0.2) is 54.6 Å². The number of hydrogen-bond acceptors (Lipinski definition) is 3. The molecular weight excluding hydrogens is 290 g/mol. The maximum Gasteiger partial charge on any atom is 0.224 e. The first kappa shape index (κ1) is 15.6. The Bertz CT molecular complexity index is 654. The van der Waals surface area contributed by atoms with Crippen LogP contribution in [0.1, 0.15) is 29.5 Å². The highest BCUT2D eigenvalue weighted by atomic mass is 16.5. The molecule has 0 bridgehead atoms. The van der Waals surface area contributed by atoms with E-state index < -0.39 is 0 Å². The summed E-state index contributed by atoms with van der Waals surface area (Å²) < 4.78 is 5.22. The largest absolute Gasteiger partial charge is 0.508 e. The molecule has 1 aliphatic rings. The molecule has 1 fully saturated rings. The molecule has 1 aliphatic carbocycles. The van der Waals surface area contributed by atoms with E-state index in [0.717, 1.165) is 12.0 Å². The molecule has 120 valence electrons. The van der Waals surface area contributed by atoms with Gasteiger partial charge in [-0.1, -0.05) is 42.5 Å². The van der Waals surface area contributed by atoms with Gasteiger partial charge in [0.1, 0.15) is 5.75 Å². The summed E-state index contributed by atoms with van der Waals surface area (Å²) in [7, 11) is 1.61. The van der Waals surface area contributed by atoms with Crippen molar-refractivity contribution in [2.24, 2.45) is 5.92 Å². The lowest BCUT2D eigenvalue weighted by atomic mass is 10.1. The predicted octanol–water partition coefficient (Wildman–Crippen LogP) is 3.00. The van der Waals surface area contributed by atoms with Gasteiger partial charge in [-0.25, -0.2) is 0 Å². The van der Waals surface area contributed by atoms with Crippen molar-refractivity contribution in [2.75, 3.05) is 13.7 Å². The van der Waals surface area contributed by atoms with E-state index in [1.807, 2.05) is 18.2 Å². The Morgan fingerprint density at radius 3 is 2.57 bits per heavy atom. The van der Waals surface area contributed by atoms with E-state index >= 15 is 0 Å². The fourth-order valence-electron chi connectivity index (χ4n) is 2.93. The van der Waals surface area contributed by atoms with E-state index in [1.54, 1.807) is 31.4 Å². The van der Waals surface area contributed by atoms with E-state index in [4.69, 9.17) is 4.74 Å². The molecule has 1 saturated carbocycles. The standard InChI is InChI=1S/C19H21NO3/c1-23-12-18(14-7-9-15(21)10-8-14)20-19(22)17-11-16(17)13-5-3-2-4-6-13/h2-10,16-18,21H,11-12H2,1H3,(H,20,22). The molecule has 2 aromatic rings. The minimum atomic E-state index is -0.204. The summed E-state index contributed by atoms with van der Waals surface area (Å²) in [5.74, 6) is 0.629. The molecule has 4 nitrogen and oxygen atoms in total. The number of phenols is 1. The molecule has 0 radical (unpaired) electrons. The van der Waals surface area contributed by atoms with Gasteiger partial charge in [0.15, 0.2) is 0 Å². The maximum absolute atomic E-state index is 12.5. The summed E-state index contributed by atoms with van der Waals surface area (Å²) in [5, 5.41) is 12.5. The van der Waals surface area contributed by atoms with Gasteiger partial charge in [0.25, 0.3) is 0 Å². The average molecular weight is 311 g/mol. The molecule has 3 atom stereocenters. The minimum Gasteiger partial charge on any atom is -0.508 e. The molecular formula is C19H21NO3. The first-order valence-corrected chi connectivity index (χ1v) is 7.82. The van der Waals surface area contributed by atoms with Crippen LogP contribution in [-0.4, -0.2) is 24.7 Å². The fourth-order valence-corrected chi connectivity index (χ4v) is 2.93. The Morgan fingerprint density at radius 1 is 1.22 bits per heavy atom. The van der Waals surface area contributed by atoms with E-state index in [9.17, 15) is 9.90 Å². The van der Waals surface area contributed by atoms with Crippen molar-refractivity contribution in [1.82, 2.24) is 5.32 Å². The van der Waals surface area contributed by atoms with Crippen molar-refractivity contribution in [3.63, 3.8) is 0 Å². The Labute approximate surface area is 136 Å². The second kappa shape index (κ2) is 6.84. The minimum absolute atomic E-state index is 0.0360. The highest BCUT2D eigenvalue weighted by molar-refractivity contribution is 5.83. The van der Waals surface area contributed by atoms with Crippen molar-refractivity contribution in [2.45, 2.75) is 18.4 Å². The SMILES string of the molecule is COCC(NC(=O)C1CC1c1ccccc1)c1ccc(O)cc1. The van der Waals surface area contributed by atoms with E-state index in [1.165, 1.54) is 5.56 Å². The fraction of sp³-hybridized carbons (Fsp3) is 0.316. The predicted molar refractivity (Wildman–Crippen MR) is 88.2 cm³/mol. The number of carbonyl (C=O) groups excluding carboxylic acids is 1. The number of amides is 1. The van der Waals surface area contributed by atoms with Crippen LogP contribution in [0.4, 0.5) is 0 Å². The topological polar surface area (TPSA) is 58.6 Å². The number of rotatable bonds is 6. The Kier molecular flexibility index (Phi) is 4.63. The van der Waals surface area contributed by atoms with Gasteiger partial charge < -0.3 is 15.2 Å². The smallest absolute Gasteiger partial charge is 0.224 e. The van der Waals surface area contributed by atoms with E-state index in [2.05, 4.69) is 17.4 Å². The Morgan fingerprint density at radius 2 is 1.91 bits per heavy atom. The number of aromatic hydroxyl groups is 1. The number of methoxy groups -OCH3 is 1. The number of ether oxygens (including phenoxy) is 1. The zero-order valence-electron chi connectivity index (χ0n) is 13.1. The molecule has 23 heavy (non-hydrogen) atoms. The van der Waals surface area contributed by atoms with Crippen molar-refractivity contribution in [3.8, 4) is 5.75 Å². The lowest BCUT2D eigenvalue weighted by Crippen LogP contribution is -2.32. The first-order chi connectivity index (χ1) is 11.2. The van der Waals surface area contributed by atoms with Crippen LogP contribution in [0.25, 0.3) is 0 Å². The van der Waals surface area contributed by atoms with E-state index in [-0.39, 0.29) is 23.6 Å². The van der Waals surface area contributed by atoms with Gasteiger partial charge in [0, 0.05) is 13.0 Å². The number of carbonyl (C=O) groups is 1. The number of benzene rings is 2. The summed E-state index contributed by atoms with van der Waals surface area (Å²) >= 11 is 0. The van der Waals surface area contributed by atoms with E-state index in [0.29, 0.717) is 12.5 Å². The average Bonchev–Trinajstić information content (AvgIpc) is 3.37. The van der Waals surface area contributed by atoms with Gasteiger partial charge >= 0.3 is 0 Å². The highest BCUT2D eigenvalue weighted by Crippen LogP contribution is 2.47. The number of nitrogens with one attached hydrogen (secondary N) is 1. The lowest BCUT2D eigenvalue weighted by Gasteiger charge is -2.18. The Hall–Kier alpha value is -2.33. The molecule has 0 spiro atoms. The second-order valence-corrected chi connectivity index (χ2v) is 5.97. The molecule has 2 N–H and O–H groups in total. The normalized spacial score (nSPS) is 20.7. The van der Waals surface area contributed by atoms with Crippen LogP contribution in [0, 0.1) is 5.92 Å². The summed E-state index contributed by atoms with van der Waals surface area (Å²) in [4.78, 5) is 12.5. The van der Waals surface area contributed by atoms with Gasteiger partial charge in [0.2, 0.25) is 5.91 Å². The van der Waals surface area contributed by atoms with Crippen LogP contribution in [0.3, 0.4) is 0 Å². The van der Waals surface area contributed by atoms with Crippen molar-refractivity contribution in [1.29, 1.82) is 0 Å². The molecule has 2 aromatic carbocycles.